The van der Waals surface area contributed by atoms with E-state index in [-0.39, 0.29) is 0 Å². The van der Waals surface area contributed by atoms with Crippen LogP contribution >= 0.6 is 11.6 Å². The Labute approximate surface area is 95.1 Å². The standard InChI is InChI=1S/C13H14ClN/c1-8(2)12-7-10-6-11(14)4-5-13(10)15-9(12)3/h4-8H,1-3H3. The highest BCUT2D eigenvalue weighted by molar-refractivity contribution is 6.31. The maximum absolute atomic E-state index is 5.96. The quantitative estimate of drug-likeness (QED) is 0.696. The van der Waals surface area contributed by atoms with E-state index in [0.29, 0.717) is 5.92 Å². The van der Waals surface area contributed by atoms with E-state index in [9.17, 15) is 0 Å². The minimum atomic E-state index is 0.501. The number of pyridine rings is 1. The topological polar surface area (TPSA) is 12.9 Å². The van der Waals surface area contributed by atoms with Crippen LogP contribution in [0.25, 0.3) is 10.9 Å². The number of halogens is 1. The number of hydrogen-bond donors (Lipinski definition) is 0. The summed E-state index contributed by atoms with van der Waals surface area (Å²) in [7, 11) is 0. The van der Waals surface area contributed by atoms with Crippen LogP contribution in [-0.4, -0.2) is 4.98 Å². The molecule has 0 saturated heterocycles. The highest BCUT2D eigenvalue weighted by Gasteiger charge is 2.06. The van der Waals surface area contributed by atoms with E-state index >= 15 is 0 Å². The van der Waals surface area contributed by atoms with Gasteiger partial charge in [0.05, 0.1) is 5.52 Å². The summed E-state index contributed by atoms with van der Waals surface area (Å²) >= 11 is 5.96. The van der Waals surface area contributed by atoms with Gasteiger partial charge in [-0.05, 0) is 42.7 Å². The van der Waals surface area contributed by atoms with Gasteiger partial charge in [0.15, 0.2) is 0 Å². The maximum Gasteiger partial charge on any atom is 0.0706 e. The van der Waals surface area contributed by atoms with E-state index in [1.165, 1.54) is 5.56 Å². The first-order valence-electron chi connectivity index (χ1n) is 5.14. The lowest BCUT2D eigenvalue weighted by Gasteiger charge is -2.10. The second-order valence-corrected chi connectivity index (χ2v) is 4.59. The van der Waals surface area contributed by atoms with Gasteiger partial charge in [0.25, 0.3) is 0 Å². The van der Waals surface area contributed by atoms with E-state index in [1.807, 2.05) is 18.2 Å². The Balaban J connectivity index is 2.72. The number of aromatic nitrogens is 1. The molecule has 2 aromatic rings. The van der Waals surface area contributed by atoms with Gasteiger partial charge in [0.1, 0.15) is 0 Å². The highest BCUT2D eigenvalue weighted by atomic mass is 35.5. The Hall–Kier alpha value is -1.08. The molecule has 1 nitrogen and oxygen atoms in total. The molecule has 0 aliphatic heterocycles. The lowest BCUT2D eigenvalue weighted by molar-refractivity contribution is 0.848. The highest BCUT2D eigenvalue weighted by Crippen LogP contribution is 2.24. The molecule has 0 amide bonds. The number of aryl methyl sites for hydroxylation is 1. The Bertz CT molecular complexity index is 503. The molecule has 1 aromatic carbocycles. The summed E-state index contributed by atoms with van der Waals surface area (Å²) in [5.41, 5.74) is 3.42. The van der Waals surface area contributed by atoms with Crippen LogP contribution in [0.5, 0.6) is 0 Å². The van der Waals surface area contributed by atoms with Crippen molar-refractivity contribution in [2.45, 2.75) is 26.7 Å². The van der Waals surface area contributed by atoms with E-state index in [1.54, 1.807) is 0 Å². The Morgan fingerprint density at radius 3 is 2.60 bits per heavy atom. The third kappa shape index (κ3) is 1.98. The van der Waals surface area contributed by atoms with Gasteiger partial charge in [-0.3, -0.25) is 4.98 Å². The average Bonchev–Trinajstić information content (AvgIpc) is 2.17. The van der Waals surface area contributed by atoms with Gasteiger partial charge < -0.3 is 0 Å². The number of rotatable bonds is 1. The predicted molar refractivity (Wildman–Crippen MR) is 65.6 cm³/mol. The molecule has 1 heterocycles. The summed E-state index contributed by atoms with van der Waals surface area (Å²) in [5, 5.41) is 1.89. The smallest absolute Gasteiger partial charge is 0.0706 e. The SMILES string of the molecule is Cc1nc2ccc(Cl)cc2cc1C(C)C. The van der Waals surface area contributed by atoms with Crippen molar-refractivity contribution >= 4 is 22.5 Å². The zero-order valence-electron chi connectivity index (χ0n) is 9.21. The fourth-order valence-corrected chi connectivity index (χ4v) is 2.02. The molecule has 0 bridgehead atoms. The Morgan fingerprint density at radius 1 is 1.20 bits per heavy atom. The van der Waals surface area contributed by atoms with Gasteiger partial charge >= 0.3 is 0 Å². The molecule has 1 aromatic heterocycles. The van der Waals surface area contributed by atoms with Crippen LogP contribution in [-0.2, 0) is 0 Å². The van der Waals surface area contributed by atoms with Gasteiger partial charge in [-0.25, -0.2) is 0 Å². The van der Waals surface area contributed by atoms with E-state index < -0.39 is 0 Å². The second-order valence-electron chi connectivity index (χ2n) is 4.15. The molecule has 0 unspecified atom stereocenters. The number of nitrogens with zero attached hydrogens (tertiary/aromatic N) is 1. The maximum atomic E-state index is 5.96. The summed E-state index contributed by atoms with van der Waals surface area (Å²) in [6.07, 6.45) is 0. The van der Waals surface area contributed by atoms with Gasteiger partial charge in [-0.15, -0.1) is 0 Å². The van der Waals surface area contributed by atoms with Crippen LogP contribution in [0.3, 0.4) is 0 Å². The molecular weight excluding hydrogens is 206 g/mol. The molecule has 78 valence electrons. The number of hydrogen-bond acceptors (Lipinski definition) is 1. The summed E-state index contributed by atoms with van der Waals surface area (Å²) in [6, 6.07) is 8.00. The van der Waals surface area contributed by atoms with E-state index in [0.717, 1.165) is 21.6 Å². The zero-order chi connectivity index (χ0) is 11.0. The van der Waals surface area contributed by atoms with Crippen LogP contribution in [0.15, 0.2) is 24.3 Å². The molecule has 0 atom stereocenters. The van der Waals surface area contributed by atoms with Crippen molar-refractivity contribution in [1.29, 1.82) is 0 Å². The monoisotopic (exact) mass is 219 g/mol. The van der Waals surface area contributed by atoms with Gasteiger partial charge in [0.2, 0.25) is 0 Å². The molecule has 15 heavy (non-hydrogen) atoms. The summed E-state index contributed by atoms with van der Waals surface area (Å²) in [5.74, 6) is 0.501. The molecule has 0 N–H and O–H groups in total. The minimum Gasteiger partial charge on any atom is -0.253 e. The van der Waals surface area contributed by atoms with Crippen molar-refractivity contribution in [3.05, 3.63) is 40.5 Å². The van der Waals surface area contributed by atoms with Crippen molar-refractivity contribution in [1.82, 2.24) is 4.98 Å². The van der Waals surface area contributed by atoms with E-state index in [2.05, 4.69) is 31.8 Å². The third-order valence-corrected chi connectivity index (χ3v) is 2.86. The molecule has 0 radical (unpaired) electrons. The first kappa shape index (κ1) is 10.4. The first-order chi connectivity index (χ1) is 7.08. The molecule has 0 aliphatic carbocycles. The average molecular weight is 220 g/mol. The predicted octanol–water partition coefficient (Wildman–Crippen LogP) is 4.32. The van der Waals surface area contributed by atoms with Gasteiger partial charge in [-0.1, -0.05) is 25.4 Å². The fourth-order valence-electron chi connectivity index (χ4n) is 1.84. The van der Waals surface area contributed by atoms with Crippen molar-refractivity contribution in [3.8, 4) is 0 Å². The zero-order valence-corrected chi connectivity index (χ0v) is 9.97. The van der Waals surface area contributed by atoms with Crippen LogP contribution in [0.2, 0.25) is 5.02 Å². The van der Waals surface area contributed by atoms with Crippen molar-refractivity contribution < 1.29 is 0 Å². The Morgan fingerprint density at radius 2 is 1.93 bits per heavy atom. The summed E-state index contributed by atoms with van der Waals surface area (Å²) in [4.78, 5) is 4.58. The molecule has 0 fully saturated rings. The van der Waals surface area contributed by atoms with Gasteiger partial charge in [-0.2, -0.15) is 0 Å². The van der Waals surface area contributed by atoms with Gasteiger partial charge in [0, 0.05) is 16.1 Å². The lowest BCUT2D eigenvalue weighted by Crippen LogP contribution is -1.95. The van der Waals surface area contributed by atoms with Crippen molar-refractivity contribution in [3.63, 3.8) is 0 Å². The minimum absolute atomic E-state index is 0.501. The van der Waals surface area contributed by atoms with Crippen LogP contribution in [0.4, 0.5) is 0 Å². The largest absolute Gasteiger partial charge is 0.253 e. The molecular formula is C13H14ClN. The van der Waals surface area contributed by atoms with Crippen LogP contribution < -0.4 is 0 Å². The summed E-state index contributed by atoms with van der Waals surface area (Å²) in [6.45, 7) is 6.42. The van der Waals surface area contributed by atoms with Crippen LogP contribution in [0, 0.1) is 6.92 Å². The van der Waals surface area contributed by atoms with Crippen LogP contribution in [0.1, 0.15) is 31.0 Å². The molecule has 2 rings (SSSR count). The molecule has 2 heteroatoms. The summed E-state index contributed by atoms with van der Waals surface area (Å²) < 4.78 is 0. The van der Waals surface area contributed by atoms with Crippen molar-refractivity contribution in [2.75, 3.05) is 0 Å². The van der Waals surface area contributed by atoms with Crippen molar-refractivity contribution in [2.24, 2.45) is 0 Å². The van der Waals surface area contributed by atoms with E-state index in [4.69, 9.17) is 11.6 Å². The second kappa shape index (κ2) is 3.82. The third-order valence-electron chi connectivity index (χ3n) is 2.63. The first-order valence-corrected chi connectivity index (χ1v) is 5.52. The lowest BCUT2D eigenvalue weighted by atomic mass is 10.00. The normalized spacial score (nSPS) is 11.3. The molecule has 0 saturated carbocycles. The number of fused-ring (bicyclic) bond motifs is 1. The molecule has 0 aliphatic rings. The number of benzene rings is 1. The molecule has 0 spiro atoms. The Kier molecular flexibility index (Phi) is 2.66. The fraction of sp³-hybridized carbons (Fsp3) is 0.308.